The zero-order valence-corrected chi connectivity index (χ0v) is 6.84. The van der Waals surface area contributed by atoms with Gasteiger partial charge in [0, 0.05) is 6.54 Å². The number of rotatable bonds is 0. The third-order valence-electron chi connectivity index (χ3n) is 1.99. The van der Waals surface area contributed by atoms with Gasteiger partial charge in [-0.3, -0.25) is 0 Å². The standard InChI is InChI=1S/C9H17N.CH4/c1-10-8-6-4-2-3-5-7-9-10;/h4,6H,2-3,5,7-9H2,1H3;1H4/b6-4-;. The molecule has 1 aliphatic rings. The molecule has 1 heteroatoms. The SMILES string of the molecule is C.CN1C/C=C\CCCCC1. The molecule has 0 saturated heterocycles. The molecule has 0 saturated carbocycles. The maximum absolute atomic E-state index is 2.38. The second-order valence-corrected chi connectivity index (χ2v) is 3.08. The van der Waals surface area contributed by atoms with E-state index < -0.39 is 0 Å². The molecular formula is C10H21N. The van der Waals surface area contributed by atoms with Gasteiger partial charge in [-0.15, -0.1) is 0 Å². The van der Waals surface area contributed by atoms with Crippen LogP contribution in [0.25, 0.3) is 0 Å². The Labute approximate surface area is 71.1 Å². The average molecular weight is 155 g/mol. The zero-order valence-electron chi connectivity index (χ0n) is 6.84. The topological polar surface area (TPSA) is 3.24 Å². The average Bonchev–Trinajstić information content (AvgIpc) is 2.02. The van der Waals surface area contributed by atoms with Gasteiger partial charge in [-0.2, -0.15) is 0 Å². The van der Waals surface area contributed by atoms with Crippen molar-refractivity contribution in [3.8, 4) is 0 Å². The highest BCUT2D eigenvalue weighted by Gasteiger charge is 1.96. The molecule has 0 unspecified atom stereocenters. The van der Waals surface area contributed by atoms with Gasteiger partial charge in [0.1, 0.15) is 0 Å². The Bertz CT molecular complexity index is 107. The monoisotopic (exact) mass is 155 g/mol. The number of nitrogens with zero attached hydrogens (tertiary/aromatic N) is 1. The summed E-state index contributed by atoms with van der Waals surface area (Å²) in [5, 5.41) is 0. The zero-order chi connectivity index (χ0) is 7.23. The maximum Gasteiger partial charge on any atom is 0.0160 e. The third kappa shape index (κ3) is 5.02. The summed E-state index contributed by atoms with van der Waals surface area (Å²) in [6.07, 6.45) is 10.0. The number of hydrogen-bond donors (Lipinski definition) is 0. The van der Waals surface area contributed by atoms with Crippen molar-refractivity contribution in [3.05, 3.63) is 12.2 Å². The first-order chi connectivity index (χ1) is 4.89. The molecule has 1 nitrogen and oxygen atoms in total. The van der Waals surface area contributed by atoms with Crippen molar-refractivity contribution in [1.29, 1.82) is 0 Å². The molecule has 1 rings (SSSR count). The highest BCUT2D eigenvalue weighted by atomic mass is 15.1. The van der Waals surface area contributed by atoms with E-state index >= 15 is 0 Å². The van der Waals surface area contributed by atoms with Crippen molar-refractivity contribution >= 4 is 0 Å². The normalized spacial score (nSPS) is 24.1. The van der Waals surface area contributed by atoms with E-state index in [1.54, 1.807) is 0 Å². The van der Waals surface area contributed by atoms with Crippen molar-refractivity contribution in [2.75, 3.05) is 20.1 Å². The van der Waals surface area contributed by atoms with Crippen molar-refractivity contribution in [1.82, 2.24) is 4.90 Å². The first kappa shape index (κ1) is 10.7. The molecule has 0 aromatic heterocycles. The van der Waals surface area contributed by atoms with Crippen molar-refractivity contribution < 1.29 is 0 Å². The lowest BCUT2D eigenvalue weighted by Gasteiger charge is -2.12. The number of hydrogen-bond acceptors (Lipinski definition) is 1. The quantitative estimate of drug-likeness (QED) is 0.486. The van der Waals surface area contributed by atoms with Gasteiger partial charge in [-0.1, -0.05) is 26.0 Å². The Morgan fingerprint density at radius 3 is 2.73 bits per heavy atom. The molecule has 0 aromatic carbocycles. The summed E-state index contributed by atoms with van der Waals surface area (Å²) in [4.78, 5) is 2.38. The van der Waals surface area contributed by atoms with Gasteiger partial charge in [-0.05, 0) is 32.9 Å². The molecule has 0 aromatic rings. The van der Waals surface area contributed by atoms with E-state index in [1.165, 1.54) is 32.2 Å². The molecule has 66 valence electrons. The highest BCUT2D eigenvalue weighted by molar-refractivity contribution is 4.85. The van der Waals surface area contributed by atoms with E-state index in [0.717, 1.165) is 6.54 Å². The second-order valence-electron chi connectivity index (χ2n) is 3.08. The van der Waals surface area contributed by atoms with Crippen LogP contribution in [0.4, 0.5) is 0 Å². The number of likely N-dealkylation sites (N-methyl/N-ethyl adjacent to an activating group) is 1. The summed E-state index contributed by atoms with van der Waals surface area (Å²) in [6, 6.07) is 0. The van der Waals surface area contributed by atoms with Crippen LogP contribution in [0.15, 0.2) is 12.2 Å². The highest BCUT2D eigenvalue weighted by Crippen LogP contribution is 2.04. The van der Waals surface area contributed by atoms with Crippen LogP contribution in [0.2, 0.25) is 0 Å². The molecule has 0 aliphatic carbocycles. The smallest absolute Gasteiger partial charge is 0.0160 e. The van der Waals surface area contributed by atoms with E-state index in [-0.39, 0.29) is 7.43 Å². The Balaban J connectivity index is 0.000001000. The predicted octanol–water partition coefficient (Wildman–Crippen LogP) is 2.68. The molecule has 0 fully saturated rings. The van der Waals surface area contributed by atoms with Gasteiger partial charge < -0.3 is 4.90 Å². The lowest BCUT2D eigenvalue weighted by molar-refractivity contribution is 0.360. The van der Waals surface area contributed by atoms with Crippen molar-refractivity contribution in [2.45, 2.75) is 33.1 Å². The molecule has 0 radical (unpaired) electrons. The molecule has 0 amide bonds. The summed E-state index contributed by atoms with van der Waals surface area (Å²) in [6.45, 7) is 2.41. The molecule has 1 heterocycles. The van der Waals surface area contributed by atoms with Gasteiger partial charge >= 0.3 is 0 Å². The maximum atomic E-state index is 2.38. The van der Waals surface area contributed by atoms with Crippen LogP contribution in [-0.2, 0) is 0 Å². The molecule has 11 heavy (non-hydrogen) atoms. The van der Waals surface area contributed by atoms with E-state index in [4.69, 9.17) is 0 Å². The molecular weight excluding hydrogens is 134 g/mol. The molecule has 0 bridgehead atoms. The van der Waals surface area contributed by atoms with Crippen LogP contribution in [0.3, 0.4) is 0 Å². The summed E-state index contributed by atoms with van der Waals surface area (Å²) in [7, 11) is 2.19. The minimum absolute atomic E-state index is 0. The van der Waals surface area contributed by atoms with Gasteiger partial charge in [0.05, 0.1) is 0 Å². The van der Waals surface area contributed by atoms with Crippen LogP contribution >= 0.6 is 0 Å². The lowest BCUT2D eigenvalue weighted by Crippen LogP contribution is -2.18. The summed E-state index contributed by atoms with van der Waals surface area (Å²) < 4.78 is 0. The molecule has 0 N–H and O–H groups in total. The van der Waals surface area contributed by atoms with Gasteiger partial charge in [0.15, 0.2) is 0 Å². The van der Waals surface area contributed by atoms with Crippen molar-refractivity contribution in [2.24, 2.45) is 0 Å². The summed E-state index contributed by atoms with van der Waals surface area (Å²) >= 11 is 0. The second kappa shape index (κ2) is 6.41. The number of allylic oxidation sites excluding steroid dienone is 1. The Hall–Kier alpha value is -0.300. The molecule has 0 atom stereocenters. The Kier molecular flexibility index (Phi) is 6.24. The first-order valence-corrected chi connectivity index (χ1v) is 4.23. The van der Waals surface area contributed by atoms with Crippen molar-refractivity contribution in [3.63, 3.8) is 0 Å². The van der Waals surface area contributed by atoms with E-state index in [2.05, 4.69) is 24.1 Å². The van der Waals surface area contributed by atoms with E-state index in [9.17, 15) is 0 Å². The lowest BCUT2D eigenvalue weighted by atomic mass is 10.2. The minimum atomic E-state index is 0. The predicted molar refractivity (Wildman–Crippen MR) is 51.8 cm³/mol. The fraction of sp³-hybridized carbons (Fsp3) is 0.800. The largest absolute Gasteiger partial charge is 0.303 e. The van der Waals surface area contributed by atoms with Crippen LogP contribution in [0, 0.1) is 0 Å². The third-order valence-corrected chi connectivity index (χ3v) is 1.99. The van der Waals surface area contributed by atoms with Gasteiger partial charge in [0.25, 0.3) is 0 Å². The van der Waals surface area contributed by atoms with E-state index in [0.29, 0.717) is 0 Å². The Morgan fingerprint density at radius 1 is 1.09 bits per heavy atom. The fourth-order valence-electron chi connectivity index (χ4n) is 1.28. The molecule has 0 spiro atoms. The van der Waals surface area contributed by atoms with E-state index in [1.807, 2.05) is 0 Å². The van der Waals surface area contributed by atoms with Gasteiger partial charge in [0.2, 0.25) is 0 Å². The van der Waals surface area contributed by atoms with Crippen LogP contribution in [0.1, 0.15) is 33.1 Å². The van der Waals surface area contributed by atoms with Crippen LogP contribution in [-0.4, -0.2) is 25.0 Å². The summed E-state index contributed by atoms with van der Waals surface area (Å²) in [5.41, 5.74) is 0. The summed E-state index contributed by atoms with van der Waals surface area (Å²) in [5.74, 6) is 0. The van der Waals surface area contributed by atoms with Crippen LogP contribution < -0.4 is 0 Å². The fourth-order valence-corrected chi connectivity index (χ4v) is 1.28. The van der Waals surface area contributed by atoms with Crippen LogP contribution in [0.5, 0.6) is 0 Å². The first-order valence-electron chi connectivity index (χ1n) is 4.23. The Morgan fingerprint density at radius 2 is 1.91 bits per heavy atom. The minimum Gasteiger partial charge on any atom is -0.303 e. The molecule has 1 aliphatic heterocycles. The van der Waals surface area contributed by atoms with Gasteiger partial charge in [-0.25, -0.2) is 0 Å².